The monoisotopic (exact) mass is 284 g/mol. The number of rotatable bonds is 4. The van der Waals surface area contributed by atoms with E-state index < -0.39 is 0 Å². The van der Waals surface area contributed by atoms with E-state index in [1.165, 1.54) is 4.57 Å². The van der Waals surface area contributed by atoms with Gasteiger partial charge in [-0.25, -0.2) is 9.36 Å². The molecule has 0 aliphatic heterocycles. The Labute approximate surface area is 114 Å². The third kappa shape index (κ3) is 2.57. The fourth-order valence-electron chi connectivity index (χ4n) is 1.71. The van der Waals surface area contributed by atoms with E-state index in [2.05, 4.69) is 4.98 Å². The molecule has 2 rings (SSSR count). The largest absolute Gasteiger partial charge is 0.493 e. The number of hydrogen-bond acceptors (Lipinski definition) is 3. The second-order valence-corrected chi connectivity index (χ2v) is 5.21. The number of imidazole rings is 1. The average Bonchev–Trinajstić information content (AvgIpc) is 2.62. The second kappa shape index (κ2) is 5.54. The molecule has 0 unspecified atom stereocenters. The lowest BCUT2D eigenvalue weighted by atomic mass is 10.3. The average molecular weight is 285 g/mol. The van der Waals surface area contributed by atoms with E-state index in [1.54, 1.807) is 36.0 Å². The van der Waals surface area contributed by atoms with Crippen molar-refractivity contribution in [2.75, 3.05) is 12.0 Å². The van der Waals surface area contributed by atoms with Crippen molar-refractivity contribution in [3.05, 3.63) is 45.5 Å². The molecule has 2 aromatic rings. The summed E-state index contributed by atoms with van der Waals surface area (Å²) in [5.74, 6) is 0.791. The molecule has 18 heavy (non-hydrogen) atoms. The van der Waals surface area contributed by atoms with Crippen LogP contribution in [0, 0.1) is 0 Å². The summed E-state index contributed by atoms with van der Waals surface area (Å²) in [4.78, 5) is 14.5. The summed E-state index contributed by atoms with van der Waals surface area (Å²) in [6, 6.07) is 6.81. The Morgan fingerprint density at radius 1 is 1.50 bits per heavy atom. The van der Waals surface area contributed by atoms with Crippen LogP contribution in [0.1, 0.15) is 5.69 Å². The van der Waals surface area contributed by atoms with Gasteiger partial charge in [0.2, 0.25) is 5.88 Å². The van der Waals surface area contributed by atoms with Crippen molar-refractivity contribution in [1.82, 2.24) is 9.55 Å². The molecule has 0 fully saturated rings. The molecule has 4 nitrogen and oxygen atoms in total. The maximum absolute atomic E-state index is 11.8. The van der Waals surface area contributed by atoms with Crippen molar-refractivity contribution in [2.45, 2.75) is 6.42 Å². The molecule has 0 saturated carbocycles. The highest BCUT2D eigenvalue weighted by Gasteiger charge is 2.14. The molecule has 6 heteroatoms. The highest BCUT2D eigenvalue weighted by atomic mass is 35.5. The van der Waals surface area contributed by atoms with Gasteiger partial charge in [0.25, 0.3) is 0 Å². The molecule has 0 spiro atoms. The van der Waals surface area contributed by atoms with Gasteiger partial charge in [0.1, 0.15) is 0 Å². The van der Waals surface area contributed by atoms with E-state index in [0.717, 1.165) is 5.75 Å². The summed E-state index contributed by atoms with van der Waals surface area (Å²) in [6.07, 6.45) is 2.60. The van der Waals surface area contributed by atoms with Gasteiger partial charge in [-0.05, 0) is 30.2 Å². The molecular weight excluding hydrogens is 272 g/mol. The lowest BCUT2D eigenvalue weighted by Gasteiger charge is -2.04. The molecule has 0 radical (unpaired) electrons. The molecule has 1 heterocycles. The molecule has 1 aromatic carbocycles. The molecule has 2 N–H and O–H groups in total. The Morgan fingerprint density at radius 3 is 2.94 bits per heavy atom. The second-order valence-electron chi connectivity index (χ2n) is 3.79. The van der Waals surface area contributed by atoms with Crippen molar-refractivity contribution >= 4 is 23.4 Å². The van der Waals surface area contributed by atoms with Gasteiger partial charge in [0, 0.05) is 11.4 Å². The van der Waals surface area contributed by atoms with Gasteiger partial charge in [0.15, 0.2) is 0 Å². The van der Waals surface area contributed by atoms with Gasteiger partial charge in [-0.2, -0.15) is 11.8 Å². The maximum Gasteiger partial charge on any atom is 0.333 e. The van der Waals surface area contributed by atoms with Gasteiger partial charge in [-0.15, -0.1) is 0 Å². The first-order valence-corrected chi connectivity index (χ1v) is 7.18. The van der Waals surface area contributed by atoms with E-state index in [4.69, 9.17) is 11.6 Å². The molecule has 0 amide bonds. The van der Waals surface area contributed by atoms with Crippen molar-refractivity contribution in [1.29, 1.82) is 0 Å². The number of H-pyrrole nitrogens is 1. The number of benzene rings is 1. The van der Waals surface area contributed by atoms with Crippen LogP contribution in [0.5, 0.6) is 5.88 Å². The Kier molecular flexibility index (Phi) is 4.04. The van der Waals surface area contributed by atoms with Crippen LogP contribution in [0.2, 0.25) is 5.02 Å². The van der Waals surface area contributed by atoms with Crippen LogP contribution in [0.4, 0.5) is 0 Å². The Morgan fingerprint density at radius 2 is 2.28 bits per heavy atom. The zero-order chi connectivity index (χ0) is 13.1. The SMILES string of the molecule is CSCCc1[nH]c(=O)n(-c2cccc(Cl)c2)c1O. The highest BCUT2D eigenvalue weighted by Crippen LogP contribution is 2.21. The smallest absolute Gasteiger partial charge is 0.333 e. The van der Waals surface area contributed by atoms with Gasteiger partial charge in [0.05, 0.1) is 11.4 Å². The van der Waals surface area contributed by atoms with Crippen molar-refractivity contribution < 1.29 is 5.11 Å². The first kappa shape index (κ1) is 13.1. The Bertz CT molecular complexity index is 606. The summed E-state index contributed by atoms with van der Waals surface area (Å²) in [7, 11) is 0. The van der Waals surface area contributed by atoms with Crippen LogP contribution < -0.4 is 5.69 Å². The summed E-state index contributed by atoms with van der Waals surface area (Å²) >= 11 is 7.53. The lowest BCUT2D eigenvalue weighted by Crippen LogP contribution is -2.14. The number of hydrogen-bond donors (Lipinski definition) is 2. The van der Waals surface area contributed by atoms with Crippen molar-refractivity contribution in [2.24, 2.45) is 0 Å². The topological polar surface area (TPSA) is 58.0 Å². The molecule has 0 bridgehead atoms. The predicted molar refractivity (Wildman–Crippen MR) is 75.2 cm³/mol. The maximum atomic E-state index is 11.8. The number of nitrogens with one attached hydrogen (secondary N) is 1. The van der Waals surface area contributed by atoms with Crippen LogP contribution in [0.25, 0.3) is 5.69 Å². The van der Waals surface area contributed by atoms with Crippen LogP contribution in [0.3, 0.4) is 0 Å². The first-order valence-electron chi connectivity index (χ1n) is 5.41. The fourth-order valence-corrected chi connectivity index (χ4v) is 2.30. The molecule has 0 atom stereocenters. The Balaban J connectivity index is 2.45. The van der Waals surface area contributed by atoms with Crippen LogP contribution in [0.15, 0.2) is 29.1 Å². The molecular formula is C12H13ClN2O2S. The molecule has 0 aliphatic rings. The number of thioether (sulfide) groups is 1. The number of halogens is 1. The predicted octanol–water partition coefficient (Wildman–Crippen LogP) is 2.43. The van der Waals surface area contributed by atoms with Crippen molar-refractivity contribution in [3.63, 3.8) is 0 Å². The van der Waals surface area contributed by atoms with E-state index >= 15 is 0 Å². The molecule has 0 saturated heterocycles. The van der Waals surface area contributed by atoms with E-state index in [0.29, 0.717) is 22.8 Å². The third-order valence-corrected chi connectivity index (χ3v) is 3.41. The standard InChI is InChI=1S/C12H13ClN2O2S/c1-18-6-5-10-11(16)15(12(17)14-10)9-4-2-3-8(13)7-9/h2-4,7,16H,5-6H2,1H3,(H,14,17). The van der Waals surface area contributed by atoms with Gasteiger partial charge in [-0.3, -0.25) is 0 Å². The number of nitrogens with zero attached hydrogens (tertiary/aromatic N) is 1. The normalized spacial score (nSPS) is 10.8. The van der Waals surface area contributed by atoms with Crippen LogP contribution in [-0.2, 0) is 6.42 Å². The molecule has 96 valence electrons. The van der Waals surface area contributed by atoms with Crippen molar-refractivity contribution in [3.8, 4) is 11.6 Å². The fraction of sp³-hybridized carbons (Fsp3) is 0.250. The Hall–Kier alpha value is -1.33. The molecule has 0 aliphatic carbocycles. The van der Waals surface area contributed by atoms with Gasteiger partial charge >= 0.3 is 5.69 Å². The molecule has 1 aromatic heterocycles. The minimum atomic E-state index is -0.356. The van der Waals surface area contributed by atoms with E-state index in [-0.39, 0.29) is 11.6 Å². The van der Waals surface area contributed by atoms with E-state index in [9.17, 15) is 9.90 Å². The number of aromatic amines is 1. The summed E-state index contributed by atoms with van der Waals surface area (Å²) in [5, 5.41) is 10.6. The quantitative estimate of drug-likeness (QED) is 0.907. The summed E-state index contributed by atoms with van der Waals surface area (Å²) < 4.78 is 1.22. The zero-order valence-corrected chi connectivity index (χ0v) is 11.4. The highest BCUT2D eigenvalue weighted by molar-refractivity contribution is 7.98. The van der Waals surface area contributed by atoms with Gasteiger partial charge in [-0.1, -0.05) is 17.7 Å². The summed E-state index contributed by atoms with van der Waals surface area (Å²) in [5.41, 5.74) is 0.747. The third-order valence-electron chi connectivity index (χ3n) is 2.57. The number of aromatic nitrogens is 2. The minimum absolute atomic E-state index is 0.0451. The number of aromatic hydroxyl groups is 1. The summed E-state index contributed by atoms with van der Waals surface area (Å²) in [6.45, 7) is 0. The lowest BCUT2D eigenvalue weighted by molar-refractivity contribution is 0.435. The van der Waals surface area contributed by atoms with Gasteiger partial charge < -0.3 is 10.1 Å². The first-order chi connectivity index (χ1) is 8.63. The zero-order valence-electron chi connectivity index (χ0n) is 9.81. The van der Waals surface area contributed by atoms with E-state index in [1.807, 2.05) is 6.26 Å². The van der Waals surface area contributed by atoms with Crippen LogP contribution >= 0.6 is 23.4 Å². The number of aryl methyl sites for hydroxylation is 1. The minimum Gasteiger partial charge on any atom is -0.493 e. The van der Waals surface area contributed by atoms with Crippen LogP contribution in [-0.4, -0.2) is 26.7 Å².